The molecule has 1 aliphatic heterocycles. The Balaban J connectivity index is 1.93. The van der Waals surface area contributed by atoms with Crippen molar-refractivity contribution in [1.29, 1.82) is 0 Å². The van der Waals surface area contributed by atoms with Gasteiger partial charge >= 0.3 is 5.97 Å². The molecule has 0 spiro atoms. The Bertz CT molecular complexity index is 944. The van der Waals surface area contributed by atoms with Gasteiger partial charge < -0.3 is 14.8 Å². The second-order valence-corrected chi connectivity index (χ2v) is 7.94. The molecule has 0 atom stereocenters. The van der Waals surface area contributed by atoms with Crippen molar-refractivity contribution in [2.24, 2.45) is 0 Å². The van der Waals surface area contributed by atoms with Crippen molar-refractivity contribution >= 4 is 62.2 Å². The summed E-state index contributed by atoms with van der Waals surface area (Å²) < 4.78 is 12.1. The van der Waals surface area contributed by atoms with E-state index in [1.807, 2.05) is 13.0 Å². The molecule has 3 rings (SSSR count). The summed E-state index contributed by atoms with van der Waals surface area (Å²) >= 11 is 9.62. The summed E-state index contributed by atoms with van der Waals surface area (Å²) in [4.78, 5) is 24.7. The molecule has 1 amide bonds. The smallest absolute Gasteiger partial charge is 0.343 e. The lowest BCUT2D eigenvalue weighted by atomic mass is 10.1. The highest BCUT2D eigenvalue weighted by atomic mass is 79.9. The van der Waals surface area contributed by atoms with Gasteiger partial charge in [-0.1, -0.05) is 42.2 Å². The molecule has 0 saturated carbocycles. The van der Waals surface area contributed by atoms with Crippen LogP contribution in [0.1, 0.15) is 22.8 Å². The Morgan fingerprint density at radius 2 is 2.04 bits per heavy atom. The summed E-state index contributed by atoms with van der Waals surface area (Å²) in [6.45, 7) is 2.22. The zero-order valence-corrected chi connectivity index (χ0v) is 17.4. The molecule has 1 fully saturated rings. The van der Waals surface area contributed by atoms with Gasteiger partial charge in [0, 0.05) is 0 Å². The lowest BCUT2D eigenvalue weighted by Crippen LogP contribution is -2.17. The summed E-state index contributed by atoms with van der Waals surface area (Å²) in [6.07, 6.45) is 1.70. The molecule has 2 aromatic rings. The van der Waals surface area contributed by atoms with Crippen molar-refractivity contribution in [2.75, 3.05) is 6.61 Å². The average Bonchev–Trinajstić information content (AvgIpc) is 2.96. The fraction of sp³-hybridized carbons (Fsp3) is 0.105. The Labute approximate surface area is 174 Å². The van der Waals surface area contributed by atoms with Gasteiger partial charge in [0.05, 0.1) is 21.5 Å². The summed E-state index contributed by atoms with van der Waals surface area (Å²) in [6, 6.07) is 12.2. The summed E-state index contributed by atoms with van der Waals surface area (Å²) in [5.74, 6) is -0.0426. The second-order valence-electron chi connectivity index (χ2n) is 5.37. The van der Waals surface area contributed by atoms with E-state index in [0.717, 1.165) is 0 Å². The van der Waals surface area contributed by atoms with Gasteiger partial charge in [-0.2, -0.15) is 0 Å². The fourth-order valence-corrected chi connectivity index (χ4v) is 3.92. The first-order valence-corrected chi connectivity index (χ1v) is 9.98. The van der Waals surface area contributed by atoms with Crippen LogP contribution in [0, 0.1) is 0 Å². The van der Waals surface area contributed by atoms with Crippen LogP contribution in [0.15, 0.2) is 51.8 Å². The zero-order chi connectivity index (χ0) is 19.4. The number of rotatable bonds is 5. The molecule has 1 N–H and O–H groups in total. The van der Waals surface area contributed by atoms with E-state index >= 15 is 0 Å². The predicted octanol–water partition coefficient (Wildman–Crippen LogP) is 4.56. The molecule has 1 heterocycles. The minimum Gasteiger partial charge on any atom is -0.490 e. The number of carbonyl (C=O) groups is 2. The van der Waals surface area contributed by atoms with Crippen molar-refractivity contribution in [3.8, 4) is 11.5 Å². The normalized spacial score (nSPS) is 15.0. The number of nitrogens with one attached hydrogen (secondary N) is 1. The molecule has 8 heteroatoms. The quantitative estimate of drug-likeness (QED) is 0.303. The average molecular weight is 464 g/mol. The van der Waals surface area contributed by atoms with Crippen LogP contribution in [0.2, 0.25) is 0 Å². The van der Waals surface area contributed by atoms with Crippen LogP contribution in [-0.2, 0) is 4.79 Å². The first kappa shape index (κ1) is 19.6. The molecule has 0 bridgehead atoms. The molecule has 0 unspecified atom stereocenters. The van der Waals surface area contributed by atoms with E-state index < -0.39 is 5.97 Å². The van der Waals surface area contributed by atoms with Gasteiger partial charge in [0.25, 0.3) is 5.91 Å². The molecule has 2 aromatic carbocycles. The van der Waals surface area contributed by atoms with Crippen LogP contribution in [0.4, 0.5) is 0 Å². The zero-order valence-electron chi connectivity index (χ0n) is 14.2. The van der Waals surface area contributed by atoms with Crippen LogP contribution < -0.4 is 14.8 Å². The third kappa shape index (κ3) is 4.77. The predicted molar refractivity (Wildman–Crippen MR) is 113 cm³/mol. The lowest BCUT2D eigenvalue weighted by Gasteiger charge is -2.13. The topological polar surface area (TPSA) is 64.6 Å². The number of amides is 1. The fourth-order valence-electron chi connectivity index (χ4n) is 2.33. The maximum atomic E-state index is 12.4. The minimum absolute atomic E-state index is 0.237. The summed E-state index contributed by atoms with van der Waals surface area (Å²) in [7, 11) is 0. The molecule has 1 saturated heterocycles. The number of hydrogen-bond donors (Lipinski definition) is 1. The van der Waals surface area contributed by atoms with Crippen LogP contribution >= 0.6 is 39.9 Å². The van der Waals surface area contributed by atoms with Crippen molar-refractivity contribution < 1.29 is 19.1 Å². The molecule has 138 valence electrons. The number of halogens is 1. The molecule has 27 heavy (non-hydrogen) atoms. The largest absolute Gasteiger partial charge is 0.490 e. The molecular formula is C19H14BrNO4S2. The molecule has 5 nitrogen and oxygen atoms in total. The van der Waals surface area contributed by atoms with E-state index in [0.29, 0.717) is 37.2 Å². The molecular weight excluding hydrogens is 450 g/mol. The van der Waals surface area contributed by atoms with Crippen molar-refractivity contribution in [1.82, 2.24) is 5.32 Å². The standard InChI is InChI=1S/C19H14BrNO4S2/c1-2-24-14-9-11(10-15-17(22)21-19(26)27-15)8-13(20)16(14)25-18(23)12-6-4-3-5-7-12/h3-10H,2H2,1H3,(H,21,22,26)/b15-10-. The van der Waals surface area contributed by atoms with Gasteiger partial charge in [-0.15, -0.1) is 0 Å². The Morgan fingerprint density at radius 1 is 1.30 bits per heavy atom. The monoisotopic (exact) mass is 463 g/mol. The van der Waals surface area contributed by atoms with E-state index in [1.54, 1.807) is 42.5 Å². The number of thioether (sulfide) groups is 1. The number of hydrogen-bond acceptors (Lipinski definition) is 6. The van der Waals surface area contributed by atoms with Crippen molar-refractivity contribution in [2.45, 2.75) is 6.92 Å². The Morgan fingerprint density at radius 3 is 2.67 bits per heavy atom. The van der Waals surface area contributed by atoms with E-state index in [1.165, 1.54) is 11.8 Å². The van der Waals surface area contributed by atoms with Gasteiger partial charge in [0.1, 0.15) is 4.32 Å². The Hall–Kier alpha value is -2.16. The molecule has 0 aliphatic carbocycles. The number of thiocarbonyl (C=S) groups is 1. The third-order valence-corrected chi connectivity index (χ3v) is 5.23. The van der Waals surface area contributed by atoms with Gasteiger partial charge in [-0.3, -0.25) is 4.79 Å². The first-order valence-electron chi connectivity index (χ1n) is 7.96. The van der Waals surface area contributed by atoms with E-state index in [4.69, 9.17) is 21.7 Å². The number of benzene rings is 2. The van der Waals surface area contributed by atoms with Gasteiger partial charge in [0.15, 0.2) is 11.5 Å². The minimum atomic E-state index is -0.487. The van der Waals surface area contributed by atoms with Gasteiger partial charge in [-0.25, -0.2) is 4.79 Å². The van der Waals surface area contributed by atoms with Crippen molar-refractivity contribution in [3.63, 3.8) is 0 Å². The number of carbonyl (C=O) groups excluding carboxylic acids is 2. The highest BCUT2D eigenvalue weighted by Gasteiger charge is 2.23. The third-order valence-electron chi connectivity index (χ3n) is 3.48. The maximum absolute atomic E-state index is 12.4. The van der Waals surface area contributed by atoms with Gasteiger partial charge in [0.2, 0.25) is 0 Å². The first-order chi connectivity index (χ1) is 13.0. The summed E-state index contributed by atoms with van der Waals surface area (Å²) in [5.41, 5.74) is 1.15. The molecule has 1 aliphatic rings. The highest BCUT2D eigenvalue weighted by Crippen LogP contribution is 2.39. The van der Waals surface area contributed by atoms with Crippen molar-refractivity contribution in [3.05, 3.63) is 63.0 Å². The molecule has 0 radical (unpaired) electrons. The second kappa shape index (κ2) is 8.69. The van der Waals surface area contributed by atoms with E-state index in [-0.39, 0.29) is 11.7 Å². The summed E-state index contributed by atoms with van der Waals surface area (Å²) in [5, 5.41) is 2.57. The number of esters is 1. The van der Waals surface area contributed by atoms with Crippen LogP contribution in [0.3, 0.4) is 0 Å². The van der Waals surface area contributed by atoms with Crippen LogP contribution in [0.25, 0.3) is 6.08 Å². The van der Waals surface area contributed by atoms with E-state index in [9.17, 15) is 9.59 Å². The van der Waals surface area contributed by atoms with E-state index in [2.05, 4.69) is 21.2 Å². The maximum Gasteiger partial charge on any atom is 0.343 e. The lowest BCUT2D eigenvalue weighted by molar-refractivity contribution is -0.115. The molecule has 0 aromatic heterocycles. The Kier molecular flexibility index (Phi) is 6.30. The number of ether oxygens (including phenoxy) is 2. The van der Waals surface area contributed by atoms with Crippen LogP contribution in [-0.4, -0.2) is 22.8 Å². The van der Waals surface area contributed by atoms with Gasteiger partial charge in [-0.05, 0) is 58.8 Å². The highest BCUT2D eigenvalue weighted by molar-refractivity contribution is 9.10. The van der Waals surface area contributed by atoms with Crippen LogP contribution in [0.5, 0.6) is 11.5 Å². The SMILES string of the molecule is CCOc1cc(/C=C2\SC(=S)NC2=O)cc(Br)c1OC(=O)c1ccccc1.